The van der Waals surface area contributed by atoms with Crippen molar-refractivity contribution >= 4 is 23.0 Å². The Bertz CT molecular complexity index is 655. The van der Waals surface area contributed by atoms with E-state index in [4.69, 9.17) is 12.2 Å². The number of benzene rings is 1. The highest BCUT2D eigenvalue weighted by atomic mass is 32.1. The Balaban J connectivity index is 2.16. The molecule has 1 aromatic rings. The number of rotatable bonds is 4. The van der Waals surface area contributed by atoms with Gasteiger partial charge in [-0.25, -0.2) is 0 Å². The van der Waals surface area contributed by atoms with E-state index in [0.29, 0.717) is 12.1 Å². The number of alkyl halides is 6. The molecule has 3 nitrogen and oxygen atoms in total. The number of hydrogen-bond acceptors (Lipinski definition) is 2. The molecule has 3 N–H and O–H groups in total. The molecule has 1 saturated carbocycles. The summed E-state index contributed by atoms with van der Waals surface area (Å²) in [6.45, 7) is 4.01. The van der Waals surface area contributed by atoms with E-state index in [-0.39, 0.29) is 35.0 Å². The fourth-order valence-electron chi connectivity index (χ4n) is 3.29. The fourth-order valence-corrected chi connectivity index (χ4v) is 3.56. The Labute approximate surface area is 165 Å². The molecular weight excluding hydrogens is 404 g/mol. The summed E-state index contributed by atoms with van der Waals surface area (Å²) in [5.74, 6) is 0. The van der Waals surface area contributed by atoms with Gasteiger partial charge >= 0.3 is 12.4 Å². The van der Waals surface area contributed by atoms with Gasteiger partial charge in [-0.2, -0.15) is 26.3 Å². The lowest BCUT2D eigenvalue weighted by Crippen LogP contribution is -2.54. The lowest BCUT2D eigenvalue weighted by molar-refractivity contribution is -0.143. The zero-order valence-electron chi connectivity index (χ0n) is 15.5. The minimum Gasteiger partial charge on any atom is -0.358 e. The highest BCUT2D eigenvalue weighted by Crippen LogP contribution is 2.37. The van der Waals surface area contributed by atoms with E-state index in [0.717, 1.165) is 25.7 Å². The van der Waals surface area contributed by atoms with Crippen LogP contribution in [-0.4, -0.2) is 23.2 Å². The van der Waals surface area contributed by atoms with Gasteiger partial charge in [0.1, 0.15) is 0 Å². The molecule has 0 bridgehead atoms. The maximum atomic E-state index is 13.0. The quantitative estimate of drug-likeness (QED) is 0.449. The van der Waals surface area contributed by atoms with Crippen LogP contribution in [0.4, 0.5) is 32.0 Å². The van der Waals surface area contributed by atoms with Crippen molar-refractivity contribution in [3.8, 4) is 0 Å². The van der Waals surface area contributed by atoms with Crippen LogP contribution < -0.4 is 16.0 Å². The fraction of sp³-hybridized carbons (Fsp3) is 0.611. The molecular formula is C18H23F6N3S. The van der Waals surface area contributed by atoms with Gasteiger partial charge in [-0.15, -0.1) is 0 Å². The largest absolute Gasteiger partial charge is 0.416 e. The third kappa shape index (κ3) is 6.51. The molecule has 2 rings (SSSR count). The molecule has 2 atom stereocenters. The predicted molar refractivity (Wildman–Crippen MR) is 100 cm³/mol. The van der Waals surface area contributed by atoms with Crippen molar-refractivity contribution < 1.29 is 26.3 Å². The number of hydrogen-bond donors (Lipinski definition) is 3. The molecule has 10 heteroatoms. The Morgan fingerprint density at radius 1 is 0.929 bits per heavy atom. The van der Waals surface area contributed by atoms with Crippen LogP contribution in [-0.2, 0) is 12.4 Å². The molecule has 1 fully saturated rings. The van der Waals surface area contributed by atoms with Gasteiger partial charge in [-0.05, 0) is 43.3 Å². The van der Waals surface area contributed by atoms with Crippen LogP contribution in [0.25, 0.3) is 0 Å². The zero-order valence-corrected chi connectivity index (χ0v) is 16.3. The smallest absolute Gasteiger partial charge is 0.358 e. The van der Waals surface area contributed by atoms with Crippen LogP contribution in [0.5, 0.6) is 0 Å². The summed E-state index contributed by atoms with van der Waals surface area (Å²) in [7, 11) is 0. The topological polar surface area (TPSA) is 36.1 Å². The maximum Gasteiger partial charge on any atom is 0.416 e. The first-order chi connectivity index (χ1) is 12.9. The van der Waals surface area contributed by atoms with Crippen LogP contribution in [0.15, 0.2) is 18.2 Å². The second-order valence-corrected chi connectivity index (χ2v) is 7.62. The Morgan fingerprint density at radius 2 is 1.43 bits per heavy atom. The summed E-state index contributed by atoms with van der Waals surface area (Å²) in [6.07, 6.45) is -6.06. The third-order valence-corrected chi connectivity index (χ3v) is 4.70. The molecule has 0 aromatic heterocycles. The van der Waals surface area contributed by atoms with Gasteiger partial charge < -0.3 is 16.0 Å². The highest BCUT2D eigenvalue weighted by Gasteiger charge is 2.37. The second-order valence-electron chi connectivity index (χ2n) is 7.21. The van der Waals surface area contributed by atoms with Crippen LogP contribution in [0.3, 0.4) is 0 Å². The molecule has 0 heterocycles. The minimum atomic E-state index is -4.90. The number of thiocarbonyl (C=S) groups is 1. The molecule has 28 heavy (non-hydrogen) atoms. The van der Waals surface area contributed by atoms with Gasteiger partial charge in [0.25, 0.3) is 0 Å². The number of halogens is 6. The van der Waals surface area contributed by atoms with Gasteiger partial charge in [0, 0.05) is 23.8 Å². The Morgan fingerprint density at radius 3 is 1.89 bits per heavy atom. The molecule has 0 spiro atoms. The van der Waals surface area contributed by atoms with E-state index >= 15 is 0 Å². The lowest BCUT2D eigenvalue weighted by atomic mass is 9.90. The summed E-state index contributed by atoms with van der Waals surface area (Å²) >= 11 is 5.14. The van der Waals surface area contributed by atoms with Crippen molar-refractivity contribution in [2.24, 2.45) is 0 Å². The maximum absolute atomic E-state index is 13.0. The molecule has 158 valence electrons. The SMILES string of the molecule is CC(C)N[C@@H]1CCCC[C@H]1NC(=S)Nc1cc(C(F)(F)F)cc(C(F)(F)F)c1. The Kier molecular flexibility index (Phi) is 7.19. The van der Waals surface area contributed by atoms with Gasteiger partial charge in [-0.3, -0.25) is 0 Å². The van der Waals surface area contributed by atoms with Crippen molar-refractivity contribution in [1.82, 2.24) is 10.6 Å². The van der Waals surface area contributed by atoms with Crippen LogP contribution in [0, 0.1) is 0 Å². The van der Waals surface area contributed by atoms with E-state index in [9.17, 15) is 26.3 Å². The van der Waals surface area contributed by atoms with Crippen LogP contribution >= 0.6 is 12.2 Å². The highest BCUT2D eigenvalue weighted by molar-refractivity contribution is 7.80. The molecule has 0 amide bonds. The van der Waals surface area contributed by atoms with Crippen molar-refractivity contribution in [1.29, 1.82) is 0 Å². The average molecular weight is 427 g/mol. The summed E-state index contributed by atoms with van der Waals surface area (Å²) < 4.78 is 77.8. The molecule has 1 aliphatic rings. The van der Waals surface area contributed by atoms with Crippen molar-refractivity contribution in [3.05, 3.63) is 29.3 Å². The summed E-state index contributed by atoms with van der Waals surface area (Å²) in [5, 5.41) is 8.92. The van der Waals surface area contributed by atoms with Gasteiger partial charge in [0.15, 0.2) is 5.11 Å². The van der Waals surface area contributed by atoms with Crippen LogP contribution in [0.2, 0.25) is 0 Å². The lowest BCUT2D eigenvalue weighted by Gasteiger charge is -2.35. The van der Waals surface area contributed by atoms with E-state index in [2.05, 4.69) is 16.0 Å². The van der Waals surface area contributed by atoms with E-state index in [1.807, 2.05) is 13.8 Å². The standard InChI is InChI=1S/C18H23F6N3S/c1-10(2)25-14-5-3-4-6-15(14)27-16(28)26-13-8-11(17(19,20)21)7-12(9-13)18(22,23)24/h7-10,14-15,25H,3-6H2,1-2H3,(H2,26,27,28)/t14-,15-/m1/s1. The normalized spacial score (nSPS) is 20.9. The molecule has 1 aliphatic carbocycles. The molecule has 0 aliphatic heterocycles. The minimum absolute atomic E-state index is 0.00472. The molecule has 0 saturated heterocycles. The van der Waals surface area contributed by atoms with Crippen LogP contribution in [0.1, 0.15) is 50.7 Å². The second kappa shape index (κ2) is 8.86. The number of nitrogens with one attached hydrogen (secondary N) is 3. The average Bonchev–Trinajstić information content (AvgIpc) is 2.54. The first kappa shape index (κ1) is 22.7. The van der Waals surface area contributed by atoms with Gasteiger partial charge in [0.05, 0.1) is 11.1 Å². The van der Waals surface area contributed by atoms with Crippen molar-refractivity contribution in [2.45, 2.75) is 70.0 Å². The summed E-state index contributed by atoms with van der Waals surface area (Å²) in [5.41, 5.74) is -3.13. The van der Waals surface area contributed by atoms with Gasteiger partial charge in [0.2, 0.25) is 0 Å². The molecule has 0 radical (unpaired) electrons. The molecule has 1 aromatic carbocycles. The Hall–Kier alpha value is -1.55. The molecule has 0 unspecified atom stereocenters. The predicted octanol–water partition coefficient (Wildman–Crippen LogP) is 5.32. The monoisotopic (exact) mass is 427 g/mol. The third-order valence-electron chi connectivity index (χ3n) is 4.48. The first-order valence-corrected chi connectivity index (χ1v) is 9.40. The summed E-state index contributed by atoms with van der Waals surface area (Å²) in [4.78, 5) is 0. The van der Waals surface area contributed by atoms with Crippen molar-refractivity contribution in [3.63, 3.8) is 0 Å². The number of anilines is 1. The first-order valence-electron chi connectivity index (χ1n) is 8.99. The van der Waals surface area contributed by atoms with E-state index in [1.165, 1.54) is 0 Å². The van der Waals surface area contributed by atoms with E-state index in [1.54, 1.807) is 0 Å². The zero-order chi connectivity index (χ0) is 21.1. The van der Waals surface area contributed by atoms with E-state index < -0.39 is 23.5 Å². The van der Waals surface area contributed by atoms with Gasteiger partial charge in [-0.1, -0.05) is 26.7 Å². The van der Waals surface area contributed by atoms with Crippen molar-refractivity contribution in [2.75, 3.05) is 5.32 Å². The summed E-state index contributed by atoms with van der Waals surface area (Å²) in [6, 6.07) is 1.64.